The van der Waals surface area contributed by atoms with Gasteiger partial charge in [-0.15, -0.1) is 0 Å². The maximum Gasteiger partial charge on any atom is 0.229 e. The largest absolute Gasteiger partial charge is 0.378 e. The number of rotatable bonds is 3. The fraction of sp³-hybridized carbons (Fsp3) is 0.833. The zero-order valence-corrected chi connectivity index (χ0v) is 10.0. The molecule has 17 heavy (non-hydrogen) atoms. The summed E-state index contributed by atoms with van der Waals surface area (Å²) in [7, 11) is 0. The summed E-state index contributed by atoms with van der Waals surface area (Å²) >= 11 is 0. The average molecular weight is 237 g/mol. The Morgan fingerprint density at radius 3 is 2.82 bits per heavy atom. The summed E-state index contributed by atoms with van der Waals surface area (Å²) in [6.45, 7) is 0.854. The Morgan fingerprint density at radius 1 is 1.29 bits per heavy atom. The highest BCUT2D eigenvalue weighted by Crippen LogP contribution is 2.34. The Hall–Kier alpha value is -0.940. The van der Waals surface area contributed by atoms with Gasteiger partial charge in [0.05, 0.1) is 18.1 Å². The van der Waals surface area contributed by atoms with Gasteiger partial charge in [-0.3, -0.25) is 0 Å². The van der Waals surface area contributed by atoms with E-state index in [1.54, 1.807) is 0 Å². The fourth-order valence-corrected chi connectivity index (χ4v) is 2.77. The number of hydrogen-bond acceptors (Lipinski definition) is 5. The number of nitrogens with two attached hydrogens (primary N) is 1. The van der Waals surface area contributed by atoms with Crippen LogP contribution in [0.25, 0.3) is 0 Å². The van der Waals surface area contributed by atoms with Crippen molar-refractivity contribution in [3.63, 3.8) is 0 Å². The van der Waals surface area contributed by atoms with Crippen LogP contribution in [0, 0.1) is 0 Å². The van der Waals surface area contributed by atoms with Gasteiger partial charge in [0.25, 0.3) is 0 Å². The molecule has 1 aliphatic carbocycles. The van der Waals surface area contributed by atoms with E-state index in [1.165, 1.54) is 0 Å². The van der Waals surface area contributed by atoms with E-state index in [2.05, 4.69) is 10.1 Å². The van der Waals surface area contributed by atoms with Gasteiger partial charge >= 0.3 is 0 Å². The quantitative estimate of drug-likeness (QED) is 0.862. The number of aromatic nitrogens is 2. The van der Waals surface area contributed by atoms with E-state index in [0.29, 0.717) is 11.7 Å². The van der Waals surface area contributed by atoms with Gasteiger partial charge in [-0.25, -0.2) is 0 Å². The highest BCUT2D eigenvalue weighted by molar-refractivity contribution is 5.06. The van der Waals surface area contributed by atoms with Crippen molar-refractivity contribution in [1.82, 2.24) is 10.1 Å². The normalized spacial score (nSPS) is 27.7. The zero-order chi connectivity index (χ0) is 11.7. The van der Waals surface area contributed by atoms with Crippen LogP contribution in [0.1, 0.15) is 50.2 Å². The first-order chi connectivity index (χ1) is 8.26. The van der Waals surface area contributed by atoms with Crippen LogP contribution in [-0.4, -0.2) is 22.9 Å². The van der Waals surface area contributed by atoms with Gasteiger partial charge < -0.3 is 15.0 Å². The summed E-state index contributed by atoms with van der Waals surface area (Å²) in [6, 6.07) is 0. The second kappa shape index (κ2) is 4.38. The van der Waals surface area contributed by atoms with Crippen LogP contribution in [0.2, 0.25) is 0 Å². The Balaban J connectivity index is 1.69. The van der Waals surface area contributed by atoms with Gasteiger partial charge in [0.2, 0.25) is 5.89 Å². The standard InChI is InChI=1S/C12H19N3O2/c13-12(5-1-2-6-12)11-14-10(17-15-11)8-9-4-3-7-16-9/h9H,1-8,13H2. The molecule has 1 aliphatic heterocycles. The number of ether oxygens (including phenoxy) is 1. The number of nitrogens with zero attached hydrogens (tertiary/aromatic N) is 2. The Labute approximate surface area is 101 Å². The lowest BCUT2D eigenvalue weighted by molar-refractivity contribution is 0.104. The minimum atomic E-state index is -0.349. The summed E-state index contributed by atoms with van der Waals surface area (Å²) < 4.78 is 10.8. The average Bonchev–Trinajstić information content (AvgIpc) is 3.00. The van der Waals surface area contributed by atoms with Crippen LogP contribution < -0.4 is 5.73 Å². The lowest BCUT2D eigenvalue weighted by Gasteiger charge is -2.17. The summed E-state index contributed by atoms with van der Waals surface area (Å²) in [6.07, 6.45) is 7.44. The molecule has 1 unspecified atom stereocenters. The van der Waals surface area contributed by atoms with Crippen molar-refractivity contribution >= 4 is 0 Å². The van der Waals surface area contributed by atoms with E-state index in [0.717, 1.165) is 51.6 Å². The molecule has 3 rings (SSSR count). The molecule has 1 saturated carbocycles. The van der Waals surface area contributed by atoms with Crippen molar-refractivity contribution in [2.75, 3.05) is 6.61 Å². The molecule has 1 aromatic rings. The number of hydrogen-bond donors (Lipinski definition) is 1. The summed E-state index contributed by atoms with van der Waals surface area (Å²) in [5, 5.41) is 4.05. The van der Waals surface area contributed by atoms with E-state index in [9.17, 15) is 0 Å². The van der Waals surface area contributed by atoms with Crippen LogP contribution in [0.3, 0.4) is 0 Å². The first-order valence-corrected chi connectivity index (χ1v) is 6.50. The second-order valence-electron chi connectivity index (χ2n) is 5.21. The van der Waals surface area contributed by atoms with Crippen molar-refractivity contribution < 1.29 is 9.26 Å². The molecule has 1 aromatic heterocycles. The third kappa shape index (κ3) is 2.21. The van der Waals surface area contributed by atoms with Crippen molar-refractivity contribution in [3.8, 4) is 0 Å². The molecule has 5 nitrogen and oxygen atoms in total. The highest BCUT2D eigenvalue weighted by Gasteiger charge is 2.36. The minimum absolute atomic E-state index is 0.251. The third-order valence-corrected chi connectivity index (χ3v) is 3.84. The molecule has 1 saturated heterocycles. The van der Waals surface area contributed by atoms with E-state index in [-0.39, 0.29) is 11.6 Å². The summed E-state index contributed by atoms with van der Waals surface area (Å²) in [4.78, 5) is 4.44. The molecule has 0 radical (unpaired) electrons. The Kier molecular flexibility index (Phi) is 2.88. The van der Waals surface area contributed by atoms with E-state index < -0.39 is 0 Å². The van der Waals surface area contributed by atoms with E-state index >= 15 is 0 Å². The van der Waals surface area contributed by atoms with Gasteiger partial charge in [-0.05, 0) is 25.7 Å². The lowest BCUT2D eigenvalue weighted by Crippen LogP contribution is -2.34. The first kappa shape index (κ1) is 11.2. The van der Waals surface area contributed by atoms with Crippen LogP contribution in [0.15, 0.2) is 4.52 Å². The topological polar surface area (TPSA) is 74.2 Å². The van der Waals surface area contributed by atoms with E-state index in [1.807, 2.05) is 0 Å². The van der Waals surface area contributed by atoms with E-state index in [4.69, 9.17) is 15.0 Å². The third-order valence-electron chi connectivity index (χ3n) is 3.84. The second-order valence-corrected chi connectivity index (χ2v) is 5.21. The lowest BCUT2D eigenvalue weighted by atomic mass is 9.99. The van der Waals surface area contributed by atoms with Gasteiger partial charge in [0.1, 0.15) is 0 Å². The highest BCUT2D eigenvalue weighted by atomic mass is 16.5. The molecule has 0 aromatic carbocycles. The SMILES string of the molecule is NC1(c2noc(CC3CCCO3)n2)CCCC1. The van der Waals surface area contributed by atoms with Crippen LogP contribution in [0.5, 0.6) is 0 Å². The van der Waals surface area contributed by atoms with Gasteiger partial charge in [-0.2, -0.15) is 4.98 Å². The Bertz CT molecular complexity index is 379. The molecule has 0 amide bonds. The van der Waals surface area contributed by atoms with Gasteiger partial charge in [-0.1, -0.05) is 18.0 Å². The smallest absolute Gasteiger partial charge is 0.229 e. The maximum atomic E-state index is 6.29. The molecule has 94 valence electrons. The molecule has 2 fully saturated rings. The molecule has 2 N–H and O–H groups in total. The van der Waals surface area contributed by atoms with Crippen molar-refractivity contribution in [2.24, 2.45) is 5.73 Å². The predicted octanol–water partition coefficient (Wildman–Crippen LogP) is 1.52. The van der Waals surface area contributed by atoms with Gasteiger partial charge in [0.15, 0.2) is 5.82 Å². The fourth-order valence-electron chi connectivity index (χ4n) is 2.77. The maximum absolute atomic E-state index is 6.29. The van der Waals surface area contributed by atoms with Crippen molar-refractivity contribution in [3.05, 3.63) is 11.7 Å². The first-order valence-electron chi connectivity index (χ1n) is 6.50. The molecule has 2 heterocycles. The van der Waals surface area contributed by atoms with Gasteiger partial charge in [0, 0.05) is 6.61 Å². The molecule has 5 heteroatoms. The summed E-state index contributed by atoms with van der Waals surface area (Å²) in [5.74, 6) is 1.35. The molecule has 0 bridgehead atoms. The minimum Gasteiger partial charge on any atom is -0.378 e. The van der Waals surface area contributed by atoms with Crippen LogP contribution in [-0.2, 0) is 16.7 Å². The van der Waals surface area contributed by atoms with Crippen molar-refractivity contribution in [2.45, 2.75) is 56.6 Å². The van der Waals surface area contributed by atoms with Crippen LogP contribution in [0.4, 0.5) is 0 Å². The molecule has 0 spiro atoms. The van der Waals surface area contributed by atoms with Crippen LogP contribution >= 0.6 is 0 Å². The van der Waals surface area contributed by atoms with Crippen molar-refractivity contribution in [1.29, 1.82) is 0 Å². The Morgan fingerprint density at radius 2 is 2.12 bits per heavy atom. The zero-order valence-electron chi connectivity index (χ0n) is 10.0. The summed E-state index contributed by atoms with van der Waals surface area (Å²) in [5.41, 5.74) is 5.94. The monoisotopic (exact) mass is 237 g/mol. The molecular formula is C12H19N3O2. The molecular weight excluding hydrogens is 218 g/mol. The molecule has 1 atom stereocenters. The predicted molar refractivity (Wildman–Crippen MR) is 61.3 cm³/mol. The molecule has 2 aliphatic rings.